The van der Waals surface area contributed by atoms with Gasteiger partial charge in [-0.3, -0.25) is 10.1 Å². The van der Waals surface area contributed by atoms with E-state index in [2.05, 4.69) is 0 Å². The summed E-state index contributed by atoms with van der Waals surface area (Å²) in [6, 6.07) is -0.463. The minimum absolute atomic E-state index is 0.0741. The van der Waals surface area contributed by atoms with Gasteiger partial charge in [0.05, 0.1) is 6.54 Å². The molecule has 5 heteroatoms. The van der Waals surface area contributed by atoms with Crippen molar-refractivity contribution in [2.24, 2.45) is 0 Å². The standard InChI is InChI=1S/C5H8N2O3/c1-7-2-3(8)4(9)6-5(7)10/h3,8H,2H2,1H3,(H,6,9,10). The molecule has 0 aromatic carbocycles. The number of carbonyl (C=O) groups is 2. The van der Waals surface area contributed by atoms with E-state index in [1.807, 2.05) is 5.32 Å². The van der Waals surface area contributed by atoms with Crippen molar-refractivity contribution in [3.05, 3.63) is 0 Å². The van der Waals surface area contributed by atoms with Gasteiger partial charge in [-0.15, -0.1) is 0 Å². The number of imide groups is 1. The molecule has 1 fully saturated rings. The van der Waals surface area contributed by atoms with Gasteiger partial charge in [-0.25, -0.2) is 4.79 Å². The summed E-state index contributed by atoms with van der Waals surface area (Å²) in [7, 11) is 1.50. The first-order valence-electron chi connectivity index (χ1n) is 2.85. The molecule has 1 aliphatic rings. The largest absolute Gasteiger partial charge is 0.381 e. The Hall–Kier alpha value is -1.10. The van der Waals surface area contributed by atoms with Crippen molar-refractivity contribution in [1.82, 2.24) is 10.2 Å². The average Bonchev–Trinajstić information content (AvgIpc) is 1.84. The number of amides is 3. The van der Waals surface area contributed by atoms with Crippen molar-refractivity contribution in [2.75, 3.05) is 13.6 Å². The van der Waals surface area contributed by atoms with E-state index in [0.29, 0.717) is 0 Å². The molecule has 0 aromatic heterocycles. The third kappa shape index (κ3) is 1.08. The van der Waals surface area contributed by atoms with E-state index < -0.39 is 18.0 Å². The van der Waals surface area contributed by atoms with Crippen LogP contribution >= 0.6 is 0 Å². The highest BCUT2D eigenvalue weighted by Crippen LogP contribution is 1.96. The number of rotatable bonds is 0. The van der Waals surface area contributed by atoms with Crippen LogP contribution in [0, 0.1) is 0 Å². The van der Waals surface area contributed by atoms with Gasteiger partial charge in [-0.2, -0.15) is 0 Å². The summed E-state index contributed by atoms with van der Waals surface area (Å²) in [6.07, 6.45) is -1.08. The molecule has 1 saturated heterocycles. The normalized spacial score (nSPS) is 26.6. The van der Waals surface area contributed by atoms with Crippen molar-refractivity contribution in [3.8, 4) is 0 Å². The van der Waals surface area contributed by atoms with E-state index in [1.165, 1.54) is 11.9 Å². The van der Waals surface area contributed by atoms with Crippen LogP contribution in [-0.4, -0.2) is 41.6 Å². The third-order valence-corrected chi connectivity index (χ3v) is 1.33. The highest BCUT2D eigenvalue weighted by molar-refractivity contribution is 5.98. The van der Waals surface area contributed by atoms with Crippen LogP contribution in [-0.2, 0) is 4.79 Å². The second-order valence-electron chi connectivity index (χ2n) is 2.19. The second kappa shape index (κ2) is 2.26. The number of nitrogens with zero attached hydrogens (tertiary/aromatic N) is 1. The Labute approximate surface area is 57.6 Å². The third-order valence-electron chi connectivity index (χ3n) is 1.33. The molecule has 0 aliphatic carbocycles. The van der Waals surface area contributed by atoms with Gasteiger partial charge >= 0.3 is 6.03 Å². The SMILES string of the molecule is CN1CC(O)C(=O)NC1=O. The predicted molar refractivity (Wildman–Crippen MR) is 32.2 cm³/mol. The predicted octanol–water partition coefficient (Wildman–Crippen LogP) is -1.47. The van der Waals surface area contributed by atoms with Gasteiger partial charge < -0.3 is 10.0 Å². The molecule has 56 valence electrons. The molecule has 1 atom stereocenters. The number of hydrogen-bond acceptors (Lipinski definition) is 3. The summed E-state index contributed by atoms with van der Waals surface area (Å²) in [6.45, 7) is 0.0741. The highest BCUT2D eigenvalue weighted by atomic mass is 16.3. The van der Waals surface area contributed by atoms with Gasteiger partial charge in [0, 0.05) is 7.05 Å². The number of likely N-dealkylation sites (N-methyl/N-ethyl adjacent to an activating group) is 1. The Kier molecular flexibility index (Phi) is 1.58. The molecule has 0 saturated carbocycles. The first-order chi connectivity index (χ1) is 4.61. The number of urea groups is 1. The lowest BCUT2D eigenvalue weighted by molar-refractivity contribution is -0.130. The molecule has 0 spiro atoms. The van der Waals surface area contributed by atoms with Crippen molar-refractivity contribution in [2.45, 2.75) is 6.10 Å². The topological polar surface area (TPSA) is 69.6 Å². The van der Waals surface area contributed by atoms with Crippen LogP contribution in [0.3, 0.4) is 0 Å². The summed E-state index contributed by atoms with van der Waals surface area (Å²) in [5, 5.41) is 10.8. The molecular formula is C5H8N2O3. The molecule has 5 nitrogen and oxygen atoms in total. The van der Waals surface area contributed by atoms with E-state index in [4.69, 9.17) is 5.11 Å². The lowest BCUT2D eigenvalue weighted by Crippen LogP contribution is -2.55. The molecule has 0 bridgehead atoms. The maximum absolute atomic E-state index is 10.6. The summed E-state index contributed by atoms with van der Waals surface area (Å²) in [5.74, 6) is -0.622. The number of hydrogen-bond donors (Lipinski definition) is 2. The van der Waals surface area contributed by atoms with Crippen LogP contribution < -0.4 is 5.32 Å². The quantitative estimate of drug-likeness (QED) is 0.436. The van der Waals surface area contributed by atoms with Crippen molar-refractivity contribution < 1.29 is 14.7 Å². The fourth-order valence-electron chi connectivity index (χ4n) is 0.709. The van der Waals surface area contributed by atoms with Crippen LogP contribution in [0.5, 0.6) is 0 Å². The Bertz CT molecular complexity index is 162. The van der Waals surface area contributed by atoms with E-state index in [0.717, 1.165) is 0 Å². The summed E-state index contributed by atoms with van der Waals surface area (Å²) in [4.78, 5) is 22.4. The molecule has 3 amide bonds. The molecule has 1 aliphatic heterocycles. The van der Waals surface area contributed by atoms with Crippen LogP contribution in [0.25, 0.3) is 0 Å². The molecule has 0 aromatic rings. The van der Waals surface area contributed by atoms with Gasteiger partial charge in [0.1, 0.15) is 0 Å². The van der Waals surface area contributed by atoms with Gasteiger partial charge in [-0.05, 0) is 0 Å². The summed E-state index contributed by atoms with van der Waals surface area (Å²) in [5.41, 5.74) is 0. The van der Waals surface area contributed by atoms with E-state index in [1.54, 1.807) is 0 Å². The summed E-state index contributed by atoms with van der Waals surface area (Å²) >= 11 is 0. The Morgan fingerprint density at radius 1 is 1.70 bits per heavy atom. The second-order valence-corrected chi connectivity index (χ2v) is 2.19. The number of aliphatic hydroxyl groups excluding tert-OH is 1. The molecule has 0 radical (unpaired) electrons. The van der Waals surface area contributed by atoms with Crippen molar-refractivity contribution in [3.63, 3.8) is 0 Å². The zero-order chi connectivity index (χ0) is 7.72. The molecule has 1 rings (SSSR count). The van der Waals surface area contributed by atoms with Gasteiger partial charge in [0.15, 0.2) is 6.10 Å². The molecular weight excluding hydrogens is 136 g/mol. The zero-order valence-corrected chi connectivity index (χ0v) is 5.50. The Morgan fingerprint density at radius 2 is 2.30 bits per heavy atom. The Morgan fingerprint density at radius 3 is 2.80 bits per heavy atom. The van der Waals surface area contributed by atoms with Gasteiger partial charge in [0.2, 0.25) is 0 Å². The minimum Gasteiger partial charge on any atom is -0.381 e. The molecule has 1 unspecified atom stereocenters. The minimum atomic E-state index is -1.08. The van der Waals surface area contributed by atoms with Crippen LogP contribution in [0.2, 0.25) is 0 Å². The summed E-state index contributed by atoms with van der Waals surface area (Å²) < 4.78 is 0. The molecule has 1 heterocycles. The Balaban J connectivity index is 2.63. The fraction of sp³-hybridized carbons (Fsp3) is 0.600. The van der Waals surface area contributed by atoms with E-state index in [-0.39, 0.29) is 6.54 Å². The number of β-amino-alcohol motifs (C(OH)–C–C–N with tert-alkyl or cyclic N) is 1. The first-order valence-corrected chi connectivity index (χ1v) is 2.85. The van der Waals surface area contributed by atoms with Gasteiger partial charge in [0.25, 0.3) is 5.91 Å². The van der Waals surface area contributed by atoms with Crippen molar-refractivity contribution in [1.29, 1.82) is 0 Å². The maximum atomic E-state index is 10.6. The highest BCUT2D eigenvalue weighted by Gasteiger charge is 2.27. The smallest absolute Gasteiger partial charge is 0.323 e. The fourth-order valence-corrected chi connectivity index (χ4v) is 0.709. The lowest BCUT2D eigenvalue weighted by Gasteiger charge is -2.25. The van der Waals surface area contributed by atoms with Gasteiger partial charge in [-0.1, -0.05) is 0 Å². The molecule has 2 N–H and O–H groups in total. The maximum Gasteiger partial charge on any atom is 0.323 e. The number of aliphatic hydroxyl groups is 1. The molecule has 10 heavy (non-hydrogen) atoms. The number of carbonyl (C=O) groups excluding carboxylic acids is 2. The van der Waals surface area contributed by atoms with E-state index >= 15 is 0 Å². The number of nitrogens with one attached hydrogen (secondary N) is 1. The monoisotopic (exact) mass is 144 g/mol. The zero-order valence-electron chi connectivity index (χ0n) is 5.50. The van der Waals surface area contributed by atoms with Crippen LogP contribution in [0.1, 0.15) is 0 Å². The van der Waals surface area contributed by atoms with Crippen molar-refractivity contribution >= 4 is 11.9 Å². The van der Waals surface area contributed by atoms with Crippen LogP contribution in [0.4, 0.5) is 4.79 Å². The van der Waals surface area contributed by atoms with Crippen LogP contribution in [0.15, 0.2) is 0 Å². The first kappa shape index (κ1) is 7.01. The average molecular weight is 144 g/mol. The lowest BCUT2D eigenvalue weighted by atomic mass is 10.3. The van der Waals surface area contributed by atoms with E-state index in [9.17, 15) is 9.59 Å².